The second-order valence-electron chi connectivity index (χ2n) is 5.00. The number of carbonyl (C=O) groups excluding carboxylic acids is 1. The summed E-state index contributed by atoms with van der Waals surface area (Å²) in [5.74, 6) is 0.433. The van der Waals surface area contributed by atoms with Crippen LogP contribution in [0.1, 0.15) is 26.2 Å². The van der Waals surface area contributed by atoms with E-state index in [0.717, 1.165) is 19.6 Å². The van der Waals surface area contributed by atoms with Gasteiger partial charge in [0, 0.05) is 6.54 Å². The molecule has 3 nitrogen and oxygen atoms in total. The topological polar surface area (TPSA) is 29.5 Å². The minimum absolute atomic E-state index is 0.0664. The van der Waals surface area contributed by atoms with Gasteiger partial charge in [-0.2, -0.15) is 0 Å². The maximum Gasteiger partial charge on any atom is 0.315 e. The molecule has 0 aromatic heterocycles. The van der Waals surface area contributed by atoms with E-state index in [-0.39, 0.29) is 11.9 Å². The number of likely N-dealkylation sites (tertiary alicyclic amines) is 1. The van der Waals surface area contributed by atoms with Crippen molar-refractivity contribution in [2.75, 3.05) is 19.6 Å². The van der Waals surface area contributed by atoms with Gasteiger partial charge in [0.15, 0.2) is 0 Å². The molecule has 1 aromatic carbocycles. The summed E-state index contributed by atoms with van der Waals surface area (Å²) >= 11 is 0. The van der Waals surface area contributed by atoms with Crippen molar-refractivity contribution < 1.29 is 9.53 Å². The molecule has 0 amide bonds. The highest BCUT2D eigenvalue weighted by Crippen LogP contribution is 2.14. The number of carbonyl (C=O) groups is 1. The standard InChI is InChI=1S/C15H21NO2/c1-13(12-16-10-6-3-7-11-16)15(17)18-14-8-4-2-5-9-14/h2,4-5,8-9,13H,3,6-7,10-12H2,1H3. The first-order valence-electron chi connectivity index (χ1n) is 6.75. The number of benzene rings is 1. The van der Waals surface area contributed by atoms with Gasteiger partial charge in [-0.1, -0.05) is 31.5 Å². The molecule has 0 aliphatic carbocycles. The van der Waals surface area contributed by atoms with Gasteiger partial charge in [0.25, 0.3) is 0 Å². The van der Waals surface area contributed by atoms with Gasteiger partial charge in [0.05, 0.1) is 5.92 Å². The van der Waals surface area contributed by atoms with Crippen LogP contribution in [0.25, 0.3) is 0 Å². The van der Waals surface area contributed by atoms with Crippen LogP contribution in [-0.4, -0.2) is 30.5 Å². The van der Waals surface area contributed by atoms with Crippen LogP contribution in [0.4, 0.5) is 0 Å². The maximum atomic E-state index is 11.9. The molecule has 3 heteroatoms. The Bertz CT molecular complexity index is 371. The lowest BCUT2D eigenvalue weighted by Crippen LogP contribution is -2.36. The average Bonchev–Trinajstić information content (AvgIpc) is 2.41. The first-order chi connectivity index (χ1) is 8.75. The monoisotopic (exact) mass is 247 g/mol. The Labute approximate surface area is 109 Å². The Morgan fingerprint density at radius 1 is 1.22 bits per heavy atom. The Morgan fingerprint density at radius 3 is 2.56 bits per heavy atom. The number of esters is 1. The predicted octanol–water partition coefficient (Wildman–Crippen LogP) is 2.71. The van der Waals surface area contributed by atoms with Crippen molar-refractivity contribution in [1.29, 1.82) is 0 Å². The summed E-state index contributed by atoms with van der Waals surface area (Å²) in [6.45, 7) is 4.98. The maximum absolute atomic E-state index is 11.9. The van der Waals surface area contributed by atoms with Crippen LogP contribution >= 0.6 is 0 Å². The molecule has 1 unspecified atom stereocenters. The third-order valence-electron chi connectivity index (χ3n) is 3.34. The molecule has 1 aliphatic heterocycles. The largest absolute Gasteiger partial charge is 0.426 e. The Kier molecular flexibility index (Phi) is 4.76. The minimum Gasteiger partial charge on any atom is -0.426 e. The Balaban J connectivity index is 1.81. The second kappa shape index (κ2) is 6.55. The molecule has 0 N–H and O–H groups in total. The van der Waals surface area contributed by atoms with Crippen molar-refractivity contribution >= 4 is 5.97 Å². The van der Waals surface area contributed by atoms with E-state index in [0.29, 0.717) is 5.75 Å². The van der Waals surface area contributed by atoms with E-state index in [4.69, 9.17) is 4.74 Å². The van der Waals surface area contributed by atoms with E-state index in [1.165, 1.54) is 19.3 Å². The van der Waals surface area contributed by atoms with Crippen molar-refractivity contribution in [1.82, 2.24) is 4.90 Å². The van der Waals surface area contributed by atoms with E-state index in [1.807, 2.05) is 37.3 Å². The van der Waals surface area contributed by atoms with Crippen molar-refractivity contribution in [3.8, 4) is 5.75 Å². The lowest BCUT2D eigenvalue weighted by Gasteiger charge is -2.28. The normalized spacial score (nSPS) is 18.3. The number of hydrogen-bond donors (Lipinski definition) is 0. The minimum atomic E-state index is -0.133. The first kappa shape index (κ1) is 13.1. The summed E-state index contributed by atoms with van der Waals surface area (Å²) in [4.78, 5) is 14.3. The van der Waals surface area contributed by atoms with Crippen molar-refractivity contribution in [2.24, 2.45) is 5.92 Å². The third kappa shape index (κ3) is 3.84. The fourth-order valence-corrected chi connectivity index (χ4v) is 2.31. The first-order valence-corrected chi connectivity index (χ1v) is 6.75. The predicted molar refractivity (Wildman–Crippen MR) is 71.5 cm³/mol. The number of ether oxygens (including phenoxy) is 1. The van der Waals surface area contributed by atoms with Gasteiger partial charge in [-0.25, -0.2) is 0 Å². The lowest BCUT2D eigenvalue weighted by atomic mass is 10.1. The van der Waals surface area contributed by atoms with Gasteiger partial charge in [0.2, 0.25) is 0 Å². The van der Waals surface area contributed by atoms with Crippen LogP contribution in [0.5, 0.6) is 5.75 Å². The van der Waals surface area contributed by atoms with E-state index < -0.39 is 0 Å². The molecule has 98 valence electrons. The van der Waals surface area contributed by atoms with Gasteiger partial charge < -0.3 is 9.64 Å². The molecule has 2 rings (SSSR count). The van der Waals surface area contributed by atoms with Gasteiger partial charge in [-0.15, -0.1) is 0 Å². The highest BCUT2D eigenvalue weighted by atomic mass is 16.5. The van der Waals surface area contributed by atoms with Crippen molar-refractivity contribution in [3.63, 3.8) is 0 Å². The zero-order valence-electron chi connectivity index (χ0n) is 11.0. The summed E-state index contributed by atoms with van der Waals surface area (Å²) in [6.07, 6.45) is 3.82. The number of hydrogen-bond acceptors (Lipinski definition) is 3. The highest BCUT2D eigenvalue weighted by molar-refractivity contribution is 5.74. The number of nitrogens with zero attached hydrogens (tertiary/aromatic N) is 1. The van der Waals surface area contributed by atoms with Gasteiger partial charge in [-0.3, -0.25) is 4.79 Å². The highest BCUT2D eigenvalue weighted by Gasteiger charge is 2.20. The molecule has 1 aliphatic rings. The molecular formula is C15H21NO2. The van der Waals surface area contributed by atoms with Crippen LogP contribution in [0.3, 0.4) is 0 Å². The van der Waals surface area contributed by atoms with Crippen molar-refractivity contribution in [2.45, 2.75) is 26.2 Å². The van der Waals surface area contributed by atoms with E-state index >= 15 is 0 Å². The molecule has 1 aromatic rings. The van der Waals surface area contributed by atoms with Crippen LogP contribution in [-0.2, 0) is 4.79 Å². The smallest absolute Gasteiger partial charge is 0.315 e. The zero-order valence-corrected chi connectivity index (χ0v) is 11.0. The fourth-order valence-electron chi connectivity index (χ4n) is 2.31. The van der Waals surface area contributed by atoms with Gasteiger partial charge in [0.1, 0.15) is 5.75 Å². The summed E-state index contributed by atoms with van der Waals surface area (Å²) in [5, 5.41) is 0. The molecular weight excluding hydrogens is 226 g/mol. The molecule has 0 saturated carbocycles. The molecule has 0 radical (unpaired) electrons. The van der Waals surface area contributed by atoms with E-state index in [1.54, 1.807) is 0 Å². The van der Waals surface area contributed by atoms with Crippen LogP contribution < -0.4 is 4.74 Å². The van der Waals surface area contributed by atoms with Crippen LogP contribution in [0.2, 0.25) is 0 Å². The molecule has 1 fully saturated rings. The zero-order chi connectivity index (χ0) is 12.8. The van der Waals surface area contributed by atoms with Gasteiger partial charge in [-0.05, 0) is 38.1 Å². The number of para-hydroxylation sites is 1. The molecule has 0 bridgehead atoms. The summed E-state index contributed by atoms with van der Waals surface area (Å²) in [6, 6.07) is 9.28. The number of rotatable bonds is 4. The lowest BCUT2D eigenvalue weighted by molar-refractivity contribution is -0.139. The Hall–Kier alpha value is -1.35. The third-order valence-corrected chi connectivity index (χ3v) is 3.34. The fraction of sp³-hybridized carbons (Fsp3) is 0.533. The summed E-state index contributed by atoms with van der Waals surface area (Å²) < 4.78 is 5.35. The molecule has 0 spiro atoms. The average molecular weight is 247 g/mol. The molecule has 18 heavy (non-hydrogen) atoms. The van der Waals surface area contributed by atoms with Crippen LogP contribution in [0, 0.1) is 5.92 Å². The molecule has 1 atom stereocenters. The SMILES string of the molecule is CC(CN1CCCCC1)C(=O)Oc1ccccc1. The molecule has 1 saturated heterocycles. The van der Waals surface area contributed by atoms with Gasteiger partial charge >= 0.3 is 5.97 Å². The summed E-state index contributed by atoms with van der Waals surface area (Å²) in [5.41, 5.74) is 0. The molecule has 1 heterocycles. The second-order valence-corrected chi connectivity index (χ2v) is 5.00. The van der Waals surface area contributed by atoms with E-state index in [2.05, 4.69) is 4.90 Å². The van der Waals surface area contributed by atoms with Crippen LogP contribution in [0.15, 0.2) is 30.3 Å². The Morgan fingerprint density at radius 2 is 1.89 bits per heavy atom. The number of piperidine rings is 1. The van der Waals surface area contributed by atoms with E-state index in [9.17, 15) is 4.79 Å². The quantitative estimate of drug-likeness (QED) is 0.605. The summed E-state index contributed by atoms with van der Waals surface area (Å²) in [7, 11) is 0. The van der Waals surface area contributed by atoms with Crippen molar-refractivity contribution in [3.05, 3.63) is 30.3 Å².